The van der Waals surface area contributed by atoms with Gasteiger partial charge in [0.2, 0.25) is 0 Å². The third-order valence-electron chi connectivity index (χ3n) is 4.84. The highest BCUT2D eigenvalue weighted by Gasteiger charge is 2.43. The minimum absolute atomic E-state index is 0.191. The van der Waals surface area contributed by atoms with Crippen LogP contribution in [0.4, 0.5) is 0 Å². The Kier molecular flexibility index (Phi) is 4.72. The second-order valence-corrected chi connectivity index (χ2v) is 6.58. The minimum atomic E-state index is -1.16. The Hall–Kier alpha value is -2.47. The molecule has 0 spiro atoms. The second-order valence-electron chi connectivity index (χ2n) is 6.58. The highest BCUT2D eigenvalue weighted by atomic mass is 16.5. The number of aliphatic hydroxyl groups is 1. The molecule has 1 aliphatic heterocycles. The van der Waals surface area contributed by atoms with Crippen molar-refractivity contribution in [2.75, 3.05) is 13.7 Å². The fourth-order valence-corrected chi connectivity index (χ4v) is 3.37. The van der Waals surface area contributed by atoms with Crippen LogP contribution in [0.3, 0.4) is 0 Å². The molecule has 0 radical (unpaired) electrons. The molecule has 0 aliphatic carbocycles. The van der Waals surface area contributed by atoms with Crippen molar-refractivity contribution in [3.05, 3.63) is 53.6 Å². The van der Waals surface area contributed by atoms with Crippen LogP contribution in [0.25, 0.3) is 0 Å². The van der Waals surface area contributed by atoms with Crippen LogP contribution in [0.5, 0.6) is 5.75 Å². The molecule has 1 fully saturated rings. The van der Waals surface area contributed by atoms with E-state index in [4.69, 9.17) is 4.74 Å². The van der Waals surface area contributed by atoms with Crippen molar-refractivity contribution >= 4 is 5.91 Å². The normalized spacial score (nSPS) is 19.5. The molecule has 1 N–H and O–H groups in total. The number of ether oxygens (including phenoxy) is 1. The SMILES string of the molecule is COc1ccc(C(C)(O)C2CCCN2C(=O)c2cnc(C)cn2)cc1. The lowest BCUT2D eigenvalue weighted by Gasteiger charge is -2.36. The number of carbonyl (C=O) groups is 1. The van der Waals surface area contributed by atoms with Gasteiger partial charge in [-0.05, 0) is 44.4 Å². The van der Waals surface area contributed by atoms with Crippen molar-refractivity contribution in [1.82, 2.24) is 14.9 Å². The van der Waals surface area contributed by atoms with E-state index in [-0.39, 0.29) is 11.9 Å². The second kappa shape index (κ2) is 6.80. The van der Waals surface area contributed by atoms with Crippen LogP contribution in [0, 0.1) is 6.92 Å². The molecule has 1 amide bonds. The molecule has 1 aromatic carbocycles. The maximum atomic E-state index is 12.8. The minimum Gasteiger partial charge on any atom is -0.497 e. The molecule has 2 heterocycles. The molecule has 1 aliphatic rings. The zero-order valence-corrected chi connectivity index (χ0v) is 14.8. The smallest absolute Gasteiger partial charge is 0.274 e. The number of likely N-dealkylation sites (tertiary alicyclic amines) is 1. The fourth-order valence-electron chi connectivity index (χ4n) is 3.37. The first-order valence-corrected chi connectivity index (χ1v) is 8.40. The number of aromatic nitrogens is 2. The van der Waals surface area contributed by atoms with Crippen LogP contribution < -0.4 is 4.74 Å². The summed E-state index contributed by atoms with van der Waals surface area (Å²) in [5.74, 6) is 0.539. The Labute approximate surface area is 147 Å². The van der Waals surface area contributed by atoms with Gasteiger partial charge in [0.25, 0.3) is 5.91 Å². The Bertz CT molecular complexity index is 742. The zero-order chi connectivity index (χ0) is 18.0. The van der Waals surface area contributed by atoms with Crippen molar-refractivity contribution in [3.63, 3.8) is 0 Å². The molecule has 0 bridgehead atoms. The number of nitrogens with zero attached hydrogens (tertiary/aromatic N) is 3. The van der Waals surface area contributed by atoms with Crippen molar-refractivity contribution in [2.45, 2.75) is 38.3 Å². The number of rotatable bonds is 4. The van der Waals surface area contributed by atoms with Gasteiger partial charge in [-0.3, -0.25) is 9.78 Å². The lowest BCUT2D eigenvalue weighted by molar-refractivity contribution is -0.0179. The molecule has 6 heteroatoms. The number of benzene rings is 1. The van der Waals surface area contributed by atoms with Gasteiger partial charge in [-0.1, -0.05) is 12.1 Å². The maximum absolute atomic E-state index is 12.8. The van der Waals surface area contributed by atoms with Crippen LogP contribution in [0.2, 0.25) is 0 Å². The van der Waals surface area contributed by atoms with Crippen molar-refractivity contribution < 1.29 is 14.6 Å². The standard InChI is InChI=1S/C19H23N3O3/c1-13-11-21-16(12-20-13)18(23)22-10-4-5-17(22)19(2,24)14-6-8-15(25-3)9-7-14/h6-9,11-12,17,24H,4-5,10H2,1-3H3. The van der Waals surface area contributed by atoms with Crippen molar-refractivity contribution in [2.24, 2.45) is 0 Å². The molecule has 1 aromatic heterocycles. The monoisotopic (exact) mass is 341 g/mol. The Balaban J connectivity index is 1.86. The summed E-state index contributed by atoms with van der Waals surface area (Å²) >= 11 is 0. The summed E-state index contributed by atoms with van der Waals surface area (Å²) in [6.45, 7) is 4.19. The largest absolute Gasteiger partial charge is 0.497 e. The van der Waals surface area contributed by atoms with Gasteiger partial charge in [0.1, 0.15) is 17.0 Å². The summed E-state index contributed by atoms with van der Waals surface area (Å²) < 4.78 is 5.17. The van der Waals surface area contributed by atoms with Crippen LogP contribution in [-0.2, 0) is 5.60 Å². The first-order valence-electron chi connectivity index (χ1n) is 8.40. The summed E-state index contributed by atoms with van der Waals surface area (Å²) in [6.07, 6.45) is 4.67. The molecular weight excluding hydrogens is 318 g/mol. The lowest BCUT2D eigenvalue weighted by Crippen LogP contribution is -2.48. The maximum Gasteiger partial charge on any atom is 0.274 e. The third-order valence-corrected chi connectivity index (χ3v) is 4.84. The van der Waals surface area contributed by atoms with Gasteiger partial charge in [0.15, 0.2) is 0 Å². The van der Waals surface area contributed by atoms with Gasteiger partial charge in [-0.15, -0.1) is 0 Å². The average Bonchev–Trinajstić information content (AvgIpc) is 3.12. The molecule has 6 nitrogen and oxygen atoms in total. The van der Waals surface area contributed by atoms with E-state index in [1.807, 2.05) is 31.2 Å². The first-order chi connectivity index (χ1) is 11.9. The fraction of sp³-hybridized carbons (Fsp3) is 0.421. The predicted molar refractivity (Wildman–Crippen MR) is 93.4 cm³/mol. The van der Waals surface area contributed by atoms with Crippen LogP contribution in [0.15, 0.2) is 36.7 Å². The van der Waals surface area contributed by atoms with Gasteiger partial charge in [0, 0.05) is 12.7 Å². The van der Waals surface area contributed by atoms with E-state index in [0.717, 1.165) is 29.8 Å². The summed E-state index contributed by atoms with van der Waals surface area (Å²) in [6, 6.07) is 7.00. The van der Waals surface area contributed by atoms with E-state index in [1.165, 1.54) is 6.20 Å². The predicted octanol–water partition coefficient (Wildman–Crippen LogP) is 2.31. The Morgan fingerprint density at radius 3 is 2.60 bits per heavy atom. The molecule has 3 rings (SSSR count). The van der Waals surface area contributed by atoms with E-state index < -0.39 is 5.60 Å². The summed E-state index contributed by atoms with van der Waals surface area (Å²) in [7, 11) is 1.60. The summed E-state index contributed by atoms with van der Waals surface area (Å²) in [5, 5.41) is 11.2. The van der Waals surface area contributed by atoms with E-state index >= 15 is 0 Å². The first kappa shape index (κ1) is 17.4. The van der Waals surface area contributed by atoms with Gasteiger partial charge in [-0.2, -0.15) is 0 Å². The van der Waals surface area contributed by atoms with E-state index in [2.05, 4.69) is 9.97 Å². The van der Waals surface area contributed by atoms with Crippen LogP contribution >= 0.6 is 0 Å². The Morgan fingerprint density at radius 2 is 2.00 bits per heavy atom. The number of amides is 1. The van der Waals surface area contributed by atoms with Crippen molar-refractivity contribution in [1.29, 1.82) is 0 Å². The lowest BCUT2D eigenvalue weighted by atomic mass is 9.86. The van der Waals surface area contributed by atoms with Crippen molar-refractivity contribution in [3.8, 4) is 5.75 Å². The van der Waals surface area contributed by atoms with Gasteiger partial charge in [0.05, 0.1) is 25.0 Å². The van der Waals surface area contributed by atoms with E-state index in [9.17, 15) is 9.90 Å². The molecule has 132 valence electrons. The molecule has 25 heavy (non-hydrogen) atoms. The van der Waals surface area contributed by atoms with Gasteiger partial charge in [-0.25, -0.2) is 4.98 Å². The number of hydrogen-bond acceptors (Lipinski definition) is 5. The zero-order valence-electron chi connectivity index (χ0n) is 14.8. The van der Waals surface area contributed by atoms with E-state index in [1.54, 1.807) is 25.1 Å². The molecular formula is C19H23N3O3. The van der Waals surface area contributed by atoms with E-state index in [0.29, 0.717) is 12.2 Å². The number of carbonyl (C=O) groups excluding carboxylic acids is 1. The third kappa shape index (κ3) is 3.35. The quantitative estimate of drug-likeness (QED) is 0.923. The number of methoxy groups -OCH3 is 1. The summed E-state index contributed by atoms with van der Waals surface area (Å²) in [5.41, 5.74) is 0.673. The molecule has 2 unspecified atom stereocenters. The van der Waals surface area contributed by atoms with Gasteiger partial charge < -0.3 is 14.7 Å². The average molecular weight is 341 g/mol. The highest BCUT2D eigenvalue weighted by molar-refractivity contribution is 5.92. The van der Waals surface area contributed by atoms with Crippen LogP contribution in [-0.4, -0.2) is 45.6 Å². The number of hydrogen-bond donors (Lipinski definition) is 1. The molecule has 2 aromatic rings. The number of aryl methyl sites for hydroxylation is 1. The van der Waals surface area contributed by atoms with Gasteiger partial charge >= 0.3 is 0 Å². The van der Waals surface area contributed by atoms with Crippen LogP contribution in [0.1, 0.15) is 41.5 Å². The Morgan fingerprint density at radius 1 is 1.28 bits per heavy atom. The summed E-state index contributed by atoms with van der Waals surface area (Å²) in [4.78, 5) is 22.9. The highest BCUT2D eigenvalue weighted by Crippen LogP contribution is 2.35. The topological polar surface area (TPSA) is 75.6 Å². The molecule has 0 saturated carbocycles. The molecule has 2 atom stereocenters. The molecule has 1 saturated heterocycles.